The van der Waals surface area contributed by atoms with Gasteiger partial charge in [-0.25, -0.2) is 12.2 Å². The molecule has 1 nitrogen and oxygen atoms in total. The molecule has 0 atom stereocenters. The molecule has 0 fully saturated rings. The zero-order chi connectivity index (χ0) is 11.6. The second-order valence-corrected chi connectivity index (χ2v) is 3.88. The Balaban J connectivity index is -0.000000124. The molecule has 1 aromatic carbocycles. The number of allylic oxidation sites excluding steroid dienone is 4. The molecule has 114 valence electrons. The van der Waals surface area contributed by atoms with Crippen LogP contribution in [0.4, 0.5) is 0 Å². The van der Waals surface area contributed by atoms with Gasteiger partial charge in [-0.2, -0.15) is 30.2 Å². The third kappa shape index (κ3) is 16.3. The molecular weight excluding hydrogens is 479 g/mol. The van der Waals surface area contributed by atoms with Crippen LogP contribution in [0, 0.1) is 12.5 Å². The van der Waals surface area contributed by atoms with Gasteiger partial charge in [-0.15, -0.1) is 55.8 Å². The Bertz CT molecular complexity index is 330. The molecule has 1 aromatic rings. The average molecular weight is 501 g/mol. The van der Waals surface area contributed by atoms with E-state index in [0.717, 1.165) is 13.0 Å². The Morgan fingerprint density at radius 3 is 2.05 bits per heavy atom. The van der Waals surface area contributed by atoms with E-state index in [4.69, 9.17) is 0 Å². The molecule has 0 aromatic heterocycles. The van der Waals surface area contributed by atoms with Crippen LogP contribution in [0.2, 0.25) is 0 Å². The molecule has 0 bridgehead atoms. The van der Waals surface area contributed by atoms with Gasteiger partial charge in [0.1, 0.15) is 0 Å². The number of halogens is 3. The molecule has 0 saturated carbocycles. The third-order valence-corrected chi connectivity index (χ3v) is 2.08. The van der Waals surface area contributed by atoms with E-state index in [9.17, 15) is 0 Å². The Morgan fingerprint density at radius 2 is 1.70 bits per heavy atom. The van der Waals surface area contributed by atoms with Gasteiger partial charge in [-0.3, -0.25) is 6.08 Å². The van der Waals surface area contributed by atoms with Gasteiger partial charge in [-0.1, -0.05) is 6.07 Å². The van der Waals surface area contributed by atoms with Crippen LogP contribution in [0.15, 0.2) is 48.6 Å². The summed E-state index contributed by atoms with van der Waals surface area (Å²) >= 11 is 0. The van der Waals surface area contributed by atoms with Gasteiger partial charge in [-0.05, 0) is 20.6 Å². The van der Waals surface area contributed by atoms with Gasteiger partial charge in [0.05, 0.1) is 0 Å². The van der Waals surface area contributed by atoms with E-state index < -0.39 is 0 Å². The van der Waals surface area contributed by atoms with Gasteiger partial charge in [0, 0.05) is 25.8 Å². The fourth-order valence-electron chi connectivity index (χ4n) is 1.22. The molecule has 2 rings (SSSR count). The molecule has 1 aliphatic carbocycles. The van der Waals surface area contributed by atoms with Crippen LogP contribution >= 0.6 is 37.2 Å². The molecule has 20 heavy (non-hydrogen) atoms. The summed E-state index contributed by atoms with van der Waals surface area (Å²) in [5.41, 5.74) is 1.29. The molecule has 0 unspecified atom stereocenters. The summed E-state index contributed by atoms with van der Waals surface area (Å²) in [6, 6.07) is 10.4. The van der Waals surface area contributed by atoms with Gasteiger partial charge < -0.3 is 4.90 Å². The van der Waals surface area contributed by atoms with Crippen LogP contribution < -0.4 is 0 Å². The predicted octanol–water partition coefficient (Wildman–Crippen LogP) is 4.37. The van der Waals surface area contributed by atoms with Crippen molar-refractivity contribution in [1.82, 2.24) is 4.90 Å². The maximum Gasteiger partial charge on any atom is 0 e. The van der Waals surface area contributed by atoms with Crippen molar-refractivity contribution in [2.45, 2.75) is 6.42 Å². The minimum Gasteiger partial charge on any atom is -0.317 e. The summed E-state index contributed by atoms with van der Waals surface area (Å²) in [4.78, 5) is 2.15. The Labute approximate surface area is 160 Å². The maximum absolute atomic E-state index is 2.99. The first-order chi connectivity index (χ1) is 7.79. The van der Waals surface area contributed by atoms with Gasteiger partial charge in [0.15, 0.2) is 0 Å². The second kappa shape index (κ2) is 19.3. The number of nitrogens with zero attached hydrogens (tertiary/aromatic N) is 1. The number of hydrogen-bond donors (Lipinski definition) is 0. The van der Waals surface area contributed by atoms with E-state index >= 15 is 0 Å². The van der Waals surface area contributed by atoms with Crippen LogP contribution in [0.5, 0.6) is 0 Å². The summed E-state index contributed by atoms with van der Waals surface area (Å²) in [6.45, 7) is 1.00. The Kier molecular flexibility index (Phi) is 27.4. The van der Waals surface area contributed by atoms with Crippen molar-refractivity contribution in [2.24, 2.45) is 0 Å². The fourth-order valence-corrected chi connectivity index (χ4v) is 1.22. The average Bonchev–Trinajstić information content (AvgIpc) is 2.86. The molecule has 0 saturated heterocycles. The maximum atomic E-state index is 2.99. The first-order valence-corrected chi connectivity index (χ1v) is 5.54. The first-order valence-electron chi connectivity index (χ1n) is 5.54. The zero-order valence-corrected chi connectivity index (χ0v) is 17.8. The van der Waals surface area contributed by atoms with Crippen LogP contribution in [-0.4, -0.2) is 25.5 Å². The van der Waals surface area contributed by atoms with E-state index in [1.165, 1.54) is 5.56 Å². The molecule has 5 heteroatoms. The quantitative estimate of drug-likeness (QED) is 0.440. The standard InChI is InChI=1S/C10H14N.C5H5.3ClH.Hf/c1-11(2)9-8-10-6-4-3-5-7-10;1-2-4-5-3-1;;;;/h3-8H,9H2,1-2H3;1-3H,4H2;3*1H;/q2*-1;;;;. The fraction of sp³-hybridized carbons (Fsp3) is 0.267. The van der Waals surface area contributed by atoms with Crippen molar-refractivity contribution in [3.8, 4) is 0 Å². The van der Waals surface area contributed by atoms with Crippen LogP contribution in [-0.2, 0) is 25.8 Å². The Hall–Kier alpha value is 0.270. The van der Waals surface area contributed by atoms with Gasteiger partial charge >= 0.3 is 0 Å². The smallest absolute Gasteiger partial charge is 0 e. The first kappa shape index (κ1) is 28.4. The molecular formula is C15H22Cl3HfN-2. The van der Waals surface area contributed by atoms with Crippen LogP contribution in [0.25, 0.3) is 0 Å². The second-order valence-electron chi connectivity index (χ2n) is 3.88. The van der Waals surface area contributed by atoms with Gasteiger partial charge in [0.25, 0.3) is 0 Å². The van der Waals surface area contributed by atoms with Crippen molar-refractivity contribution in [3.63, 3.8) is 0 Å². The van der Waals surface area contributed by atoms with Crippen molar-refractivity contribution in [3.05, 3.63) is 66.6 Å². The topological polar surface area (TPSA) is 3.24 Å². The molecule has 0 spiro atoms. The van der Waals surface area contributed by atoms with E-state index in [1.807, 2.05) is 18.2 Å². The normalized spacial score (nSPS) is 9.95. The van der Waals surface area contributed by atoms with Crippen molar-refractivity contribution in [2.75, 3.05) is 20.6 Å². The largest absolute Gasteiger partial charge is 0.317 e. The molecule has 0 N–H and O–H groups in total. The van der Waals surface area contributed by atoms with Crippen molar-refractivity contribution >= 4 is 37.2 Å². The number of rotatable bonds is 3. The zero-order valence-electron chi connectivity index (χ0n) is 11.8. The van der Waals surface area contributed by atoms with Crippen LogP contribution in [0.1, 0.15) is 12.0 Å². The monoisotopic (exact) mass is 501 g/mol. The number of likely N-dealkylation sites (N-methyl/N-ethyl adjacent to an activating group) is 1. The third-order valence-electron chi connectivity index (χ3n) is 2.08. The molecule has 0 radical (unpaired) electrons. The molecule has 0 aliphatic heterocycles. The van der Waals surface area contributed by atoms with E-state index in [0.29, 0.717) is 0 Å². The van der Waals surface area contributed by atoms with Crippen molar-refractivity contribution in [1.29, 1.82) is 0 Å². The number of hydrogen-bond acceptors (Lipinski definition) is 1. The molecule has 1 aliphatic rings. The molecule has 0 amide bonds. The minimum absolute atomic E-state index is 0. The van der Waals surface area contributed by atoms with Gasteiger partial charge in [0.2, 0.25) is 0 Å². The predicted molar refractivity (Wildman–Crippen MR) is 91.7 cm³/mol. The Morgan fingerprint density at radius 1 is 1.10 bits per heavy atom. The minimum atomic E-state index is 0. The van der Waals surface area contributed by atoms with E-state index in [2.05, 4.69) is 61.8 Å². The summed E-state index contributed by atoms with van der Waals surface area (Å²) < 4.78 is 0. The summed E-state index contributed by atoms with van der Waals surface area (Å²) in [5, 5.41) is 0. The van der Waals surface area contributed by atoms with Crippen LogP contribution in [0.3, 0.4) is 0 Å². The van der Waals surface area contributed by atoms with Crippen molar-refractivity contribution < 1.29 is 25.8 Å². The summed E-state index contributed by atoms with van der Waals surface area (Å²) in [5.74, 6) is 0. The SMILES string of the molecule is CN(C)C[CH-]c1ccccc1.Cl.Cl.Cl.[C-]1=CC=CC1.[Hf]. The number of benzene rings is 1. The van der Waals surface area contributed by atoms with E-state index in [-0.39, 0.29) is 63.1 Å². The summed E-state index contributed by atoms with van der Waals surface area (Å²) in [7, 11) is 4.14. The summed E-state index contributed by atoms with van der Waals surface area (Å²) in [6.07, 6.45) is 12.2. The molecule has 0 heterocycles. The van der Waals surface area contributed by atoms with E-state index in [1.54, 1.807) is 0 Å².